The van der Waals surface area contributed by atoms with Crippen molar-refractivity contribution in [3.63, 3.8) is 0 Å². The molecule has 0 aliphatic heterocycles. The largest absolute Gasteiger partial charge is 0.484 e. The van der Waals surface area contributed by atoms with Gasteiger partial charge in [-0.15, -0.1) is 0 Å². The Balaban J connectivity index is 1.48. The molecule has 0 aliphatic rings. The van der Waals surface area contributed by atoms with E-state index < -0.39 is 0 Å². The van der Waals surface area contributed by atoms with Gasteiger partial charge in [-0.1, -0.05) is 18.2 Å². The van der Waals surface area contributed by atoms with Gasteiger partial charge in [0.2, 0.25) is 0 Å². The maximum atomic E-state index is 11.9. The first-order chi connectivity index (χ1) is 12.6. The van der Waals surface area contributed by atoms with Gasteiger partial charge in [-0.05, 0) is 30.7 Å². The van der Waals surface area contributed by atoms with Gasteiger partial charge in [-0.2, -0.15) is 0 Å². The lowest BCUT2D eigenvalue weighted by atomic mass is 10.1. The van der Waals surface area contributed by atoms with Crippen molar-refractivity contribution in [1.82, 2.24) is 19.9 Å². The van der Waals surface area contributed by atoms with Gasteiger partial charge in [-0.25, -0.2) is 9.97 Å². The Hall–Kier alpha value is -3.48. The third kappa shape index (κ3) is 4.54. The molecule has 0 radical (unpaired) electrons. The second-order valence-corrected chi connectivity index (χ2v) is 5.64. The van der Waals surface area contributed by atoms with Crippen LogP contribution in [0, 0.1) is 0 Å². The fourth-order valence-electron chi connectivity index (χ4n) is 2.27. The van der Waals surface area contributed by atoms with Crippen LogP contribution in [0.4, 0.5) is 0 Å². The van der Waals surface area contributed by atoms with E-state index in [4.69, 9.17) is 4.74 Å². The van der Waals surface area contributed by atoms with Gasteiger partial charge in [0.05, 0.1) is 0 Å². The van der Waals surface area contributed by atoms with E-state index in [2.05, 4.69) is 15.3 Å². The van der Waals surface area contributed by atoms with E-state index in [1.54, 1.807) is 47.6 Å². The lowest BCUT2D eigenvalue weighted by Gasteiger charge is -2.09. The highest BCUT2D eigenvalue weighted by atomic mass is 16.5. The number of imidazole rings is 1. The van der Waals surface area contributed by atoms with Crippen LogP contribution in [0.25, 0.3) is 5.82 Å². The number of ketones is 1. The summed E-state index contributed by atoms with van der Waals surface area (Å²) in [5.41, 5.74) is 1.42. The zero-order valence-electron chi connectivity index (χ0n) is 14.3. The van der Waals surface area contributed by atoms with Gasteiger partial charge in [0.1, 0.15) is 17.9 Å². The average molecular weight is 350 g/mol. The molecule has 7 heteroatoms. The first-order valence-electron chi connectivity index (χ1n) is 8.05. The normalized spacial score (nSPS) is 10.3. The van der Waals surface area contributed by atoms with E-state index in [1.807, 2.05) is 18.3 Å². The van der Waals surface area contributed by atoms with E-state index in [-0.39, 0.29) is 18.3 Å². The second-order valence-electron chi connectivity index (χ2n) is 5.64. The van der Waals surface area contributed by atoms with Gasteiger partial charge in [0.15, 0.2) is 12.4 Å². The third-order valence-corrected chi connectivity index (χ3v) is 3.68. The molecular weight excluding hydrogens is 332 g/mol. The predicted octanol–water partition coefficient (Wildman–Crippen LogP) is 2.17. The molecule has 132 valence electrons. The lowest BCUT2D eigenvalue weighted by molar-refractivity contribution is -0.123. The lowest BCUT2D eigenvalue weighted by Crippen LogP contribution is -2.28. The van der Waals surface area contributed by atoms with Crippen LogP contribution >= 0.6 is 0 Å². The van der Waals surface area contributed by atoms with Crippen molar-refractivity contribution in [2.75, 3.05) is 6.61 Å². The summed E-state index contributed by atoms with van der Waals surface area (Å²) in [7, 11) is 0. The van der Waals surface area contributed by atoms with Gasteiger partial charge >= 0.3 is 0 Å². The SMILES string of the molecule is CC(=O)c1cccc(OCC(=O)NCc2ccc(-n3ccnc3)nc2)c1. The summed E-state index contributed by atoms with van der Waals surface area (Å²) in [4.78, 5) is 31.6. The number of hydrogen-bond donors (Lipinski definition) is 1. The Bertz CT molecular complexity index is 889. The van der Waals surface area contributed by atoms with Crippen molar-refractivity contribution < 1.29 is 14.3 Å². The van der Waals surface area contributed by atoms with Crippen LogP contribution in [0.3, 0.4) is 0 Å². The van der Waals surface area contributed by atoms with Crippen LogP contribution in [0.2, 0.25) is 0 Å². The first-order valence-corrected chi connectivity index (χ1v) is 8.05. The molecule has 0 fully saturated rings. The van der Waals surface area contributed by atoms with E-state index in [1.165, 1.54) is 6.92 Å². The standard InChI is InChI=1S/C19H18N4O3/c1-14(24)16-3-2-4-17(9-16)26-12-19(25)22-11-15-5-6-18(21-10-15)23-8-7-20-13-23/h2-10,13H,11-12H2,1H3,(H,22,25). The summed E-state index contributed by atoms with van der Waals surface area (Å²) in [6, 6.07) is 10.5. The smallest absolute Gasteiger partial charge is 0.258 e. The van der Waals surface area contributed by atoms with Crippen LogP contribution in [0.5, 0.6) is 5.75 Å². The zero-order valence-corrected chi connectivity index (χ0v) is 14.3. The summed E-state index contributed by atoms with van der Waals surface area (Å²) >= 11 is 0. The number of nitrogens with one attached hydrogen (secondary N) is 1. The van der Waals surface area contributed by atoms with Crippen LogP contribution < -0.4 is 10.1 Å². The van der Waals surface area contributed by atoms with Crippen molar-refractivity contribution in [1.29, 1.82) is 0 Å². The second kappa shape index (κ2) is 8.06. The van der Waals surface area contributed by atoms with Gasteiger partial charge in [0, 0.05) is 30.7 Å². The molecule has 2 heterocycles. The molecule has 26 heavy (non-hydrogen) atoms. The zero-order chi connectivity index (χ0) is 18.4. The molecule has 0 saturated heterocycles. The molecule has 2 aromatic heterocycles. The van der Waals surface area contributed by atoms with Crippen LogP contribution in [0.15, 0.2) is 61.3 Å². The maximum absolute atomic E-state index is 11.9. The minimum absolute atomic E-state index is 0.0495. The number of ether oxygens (including phenoxy) is 1. The molecule has 0 atom stereocenters. The molecule has 1 aromatic carbocycles. The Morgan fingerprint density at radius 2 is 2.12 bits per heavy atom. The van der Waals surface area contributed by atoms with E-state index >= 15 is 0 Å². The summed E-state index contributed by atoms with van der Waals surface area (Å²) in [6.07, 6.45) is 6.86. The van der Waals surface area contributed by atoms with Gasteiger partial charge < -0.3 is 10.1 Å². The summed E-state index contributed by atoms with van der Waals surface area (Å²) in [6.45, 7) is 1.72. The quantitative estimate of drug-likeness (QED) is 0.660. The fourth-order valence-corrected chi connectivity index (χ4v) is 2.27. The number of hydrogen-bond acceptors (Lipinski definition) is 5. The number of carbonyl (C=O) groups excluding carboxylic acids is 2. The monoisotopic (exact) mass is 350 g/mol. The number of carbonyl (C=O) groups is 2. The third-order valence-electron chi connectivity index (χ3n) is 3.68. The number of benzene rings is 1. The molecule has 3 aromatic rings. The minimum Gasteiger partial charge on any atom is -0.484 e. The van der Waals surface area contributed by atoms with Crippen molar-refractivity contribution in [2.24, 2.45) is 0 Å². The molecule has 1 amide bonds. The highest BCUT2D eigenvalue weighted by Gasteiger charge is 2.06. The molecule has 0 spiro atoms. The number of nitrogens with zero attached hydrogens (tertiary/aromatic N) is 3. The molecule has 0 unspecified atom stereocenters. The van der Waals surface area contributed by atoms with E-state index in [0.29, 0.717) is 17.9 Å². The van der Waals surface area contributed by atoms with Crippen LogP contribution in [-0.4, -0.2) is 32.8 Å². The molecular formula is C19H18N4O3. The maximum Gasteiger partial charge on any atom is 0.258 e. The van der Waals surface area contributed by atoms with Crippen LogP contribution in [-0.2, 0) is 11.3 Å². The number of rotatable bonds is 7. The molecule has 0 aliphatic carbocycles. The molecule has 1 N–H and O–H groups in total. The molecule has 0 saturated carbocycles. The fraction of sp³-hybridized carbons (Fsp3) is 0.158. The molecule has 3 rings (SSSR count). The highest BCUT2D eigenvalue weighted by Crippen LogP contribution is 2.13. The average Bonchev–Trinajstić information content (AvgIpc) is 3.20. The van der Waals surface area contributed by atoms with Crippen molar-refractivity contribution >= 4 is 11.7 Å². The van der Waals surface area contributed by atoms with E-state index in [9.17, 15) is 9.59 Å². The van der Waals surface area contributed by atoms with Crippen molar-refractivity contribution in [2.45, 2.75) is 13.5 Å². The molecule has 0 bridgehead atoms. The van der Waals surface area contributed by atoms with Crippen molar-refractivity contribution in [3.05, 3.63) is 72.4 Å². The molecule has 7 nitrogen and oxygen atoms in total. The van der Waals surface area contributed by atoms with E-state index in [0.717, 1.165) is 11.4 Å². The van der Waals surface area contributed by atoms with Crippen molar-refractivity contribution in [3.8, 4) is 11.6 Å². The number of pyridine rings is 1. The van der Waals surface area contributed by atoms with Gasteiger partial charge in [-0.3, -0.25) is 14.2 Å². The number of Topliss-reactive ketones (excluding diaryl/α,β-unsaturated/α-hetero) is 1. The predicted molar refractivity (Wildman–Crippen MR) is 95.1 cm³/mol. The topological polar surface area (TPSA) is 86.1 Å². The Morgan fingerprint density at radius 1 is 1.23 bits per heavy atom. The first kappa shape index (κ1) is 17.3. The Morgan fingerprint density at radius 3 is 2.81 bits per heavy atom. The summed E-state index contributed by atoms with van der Waals surface area (Å²) in [5.74, 6) is 0.939. The Labute approximate surface area is 150 Å². The number of amides is 1. The van der Waals surface area contributed by atoms with Crippen LogP contribution in [0.1, 0.15) is 22.8 Å². The summed E-state index contributed by atoms with van der Waals surface area (Å²) in [5, 5.41) is 2.77. The number of aromatic nitrogens is 3. The van der Waals surface area contributed by atoms with Gasteiger partial charge in [0.25, 0.3) is 5.91 Å². The highest BCUT2D eigenvalue weighted by molar-refractivity contribution is 5.94. The summed E-state index contributed by atoms with van der Waals surface area (Å²) < 4.78 is 7.22. The minimum atomic E-state index is -0.253. The Kier molecular flexibility index (Phi) is 5.38.